The summed E-state index contributed by atoms with van der Waals surface area (Å²) in [7, 11) is -0.696. The van der Waals surface area contributed by atoms with E-state index in [0.29, 0.717) is 0 Å². The van der Waals surface area contributed by atoms with Crippen molar-refractivity contribution in [3.8, 4) is 0 Å². The first-order chi connectivity index (χ1) is 10.3. The van der Waals surface area contributed by atoms with Crippen LogP contribution in [0.3, 0.4) is 0 Å². The van der Waals surface area contributed by atoms with E-state index in [1.54, 1.807) is 9.39 Å². The molecule has 0 aromatic heterocycles. The maximum atomic E-state index is 7.68. The largest absolute Gasteiger partial charge is 0.147 e. The van der Waals surface area contributed by atoms with Gasteiger partial charge < -0.3 is 0 Å². The third kappa shape index (κ3) is 2.94. The zero-order valence-corrected chi connectivity index (χ0v) is 24.4. The van der Waals surface area contributed by atoms with Gasteiger partial charge in [-0.05, 0) is 0 Å². The van der Waals surface area contributed by atoms with Crippen LogP contribution in [0.2, 0.25) is 33.0 Å². The molecular weight excluding hydrogens is 463 g/mol. The van der Waals surface area contributed by atoms with E-state index in [9.17, 15) is 0 Å². The van der Waals surface area contributed by atoms with E-state index in [0.717, 1.165) is 27.2 Å². The summed E-state index contributed by atoms with van der Waals surface area (Å²) in [5.41, 5.74) is 0. The molecular formula is C19H38Cl2OSi2Zr. The van der Waals surface area contributed by atoms with Gasteiger partial charge in [0.25, 0.3) is 0 Å². The van der Waals surface area contributed by atoms with Crippen molar-refractivity contribution in [2.24, 2.45) is 0 Å². The van der Waals surface area contributed by atoms with Gasteiger partial charge in [-0.15, -0.1) is 24.8 Å². The Morgan fingerprint density at radius 3 is 1.64 bits per heavy atom. The molecule has 0 heterocycles. The molecule has 0 bridgehead atoms. The Morgan fingerprint density at radius 2 is 1.44 bits per heavy atom. The molecule has 2 rings (SSSR count). The number of hydrogen-bond donors (Lipinski definition) is 0. The summed E-state index contributed by atoms with van der Waals surface area (Å²) in [5, 5.41) is 0. The average Bonchev–Trinajstić information content (AvgIpc) is 3.12. The van der Waals surface area contributed by atoms with Gasteiger partial charge in [0.05, 0.1) is 0 Å². The molecule has 0 amide bonds. The maximum Gasteiger partial charge on any atom is -0.147 e. The molecule has 0 aromatic rings. The van der Waals surface area contributed by atoms with Gasteiger partial charge in [-0.1, -0.05) is 0 Å². The van der Waals surface area contributed by atoms with Crippen LogP contribution < -0.4 is 0 Å². The van der Waals surface area contributed by atoms with Gasteiger partial charge in [0, 0.05) is 0 Å². The van der Waals surface area contributed by atoms with Crippen molar-refractivity contribution in [3.05, 3.63) is 43.0 Å². The molecule has 0 saturated carbocycles. The van der Waals surface area contributed by atoms with Crippen LogP contribution in [0.5, 0.6) is 0 Å². The van der Waals surface area contributed by atoms with Gasteiger partial charge in [-0.25, -0.2) is 0 Å². The molecule has 0 radical (unpaired) electrons. The first-order valence-corrected chi connectivity index (χ1v) is 24.9. The molecule has 2 aliphatic rings. The minimum atomic E-state index is -4.88. The van der Waals surface area contributed by atoms with Gasteiger partial charge in [0.2, 0.25) is 0 Å². The van der Waals surface area contributed by atoms with Crippen molar-refractivity contribution in [2.45, 2.75) is 59.7 Å². The number of rotatable bonds is 5. The number of halogens is 2. The molecule has 0 aromatic carbocycles. The van der Waals surface area contributed by atoms with E-state index in [1.807, 2.05) is 0 Å². The second-order valence-corrected chi connectivity index (χ2v) is 49.9. The zero-order chi connectivity index (χ0) is 17.7. The van der Waals surface area contributed by atoms with Crippen LogP contribution in [-0.2, 0) is 18.3 Å². The normalized spacial score (nSPS) is 21.2. The minimum Gasteiger partial charge on any atom is -0.147 e. The number of hydrogen-bond acceptors (Lipinski definition) is 1. The van der Waals surface area contributed by atoms with Crippen LogP contribution in [0.4, 0.5) is 0 Å². The molecule has 0 spiro atoms. The van der Waals surface area contributed by atoms with Crippen LogP contribution in [0.25, 0.3) is 0 Å². The van der Waals surface area contributed by atoms with E-state index in [2.05, 4.69) is 79.2 Å². The summed E-state index contributed by atoms with van der Waals surface area (Å²) >= 11 is -4.88. The molecule has 0 saturated heterocycles. The summed E-state index contributed by atoms with van der Waals surface area (Å²) < 4.78 is 18.9. The summed E-state index contributed by atoms with van der Waals surface area (Å²) in [6.45, 7) is 11.9. The third-order valence-corrected chi connectivity index (χ3v) is 64.6. The second kappa shape index (κ2) is 6.35. The molecule has 146 valence electrons. The molecule has 6 heteroatoms. The molecule has 1 nitrogen and oxygen atoms in total. The monoisotopic (exact) mass is 498 g/mol. The summed E-state index contributed by atoms with van der Waals surface area (Å²) in [4.78, 5) is 0. The fourth-order valence-electron chi connectivity index (χ4n) is 5.67. The Balaban J connectivity index is 0.00000288. The Labute approximate surface area is 166 Å². The van der Waals surface area contributed by atoms with Crippen molar-refractivity contribution in [3.63, 3.8) is 0 Å². The first-order valence-electron chi connectivity index (χ1n) is 9.15. The minimum absolute atomic E-state index is 0. The topological polar surface area (TPSA) is 9.23 Å². The summed E-state index contributed by atoms with van der Waals surface area (Å²) in [6.07, 6.45) is 16.1. The molecule has 0 unspecified atom stereocenters. The van der Waals surface area contributed by atoms with E-state index in [-0.39, 0.29) is 24.8 Å². The van der Waals surface area contributed by atoms with Crippen molar-refractivity contribution >= 4 is 46.2 Å². The Kier molecular flexibility index (Phi) is 6.53. The fraction of sp³-hybridized carbons (Fsp3) is 0.526. The Bertz CT molecular complexity index is 773. The van der Waals surface area contributed by atoms with Crippen molar-refractivity contribution in [1.82, 2.24) is 0 Å². The Hall–Kier alpha value is 0.687. The van der Waals surface area contributed by atoms with E-state index in [4.69, 9.17) is 2.50 Å². The second-order valence-electron chi connectivity index (χ2n) is 10.7. The SMILES string of the molecule is C[CH2][Zr]([CH3])([CH3])([O][Si](C)(C)C)([C]1=CC=CC1)([C]1=CC=CC1)=[C](C)[SiH3].Cl.Cl. The molecule has 2 aliphatic carbocycles. The van der Waals surface area contributed by atoms with Crippen molar-refractivity contribution in [2.75, 3.05) is 0 Å². The van der Waals surface area contributed by atoms with Gasteiger partial charge in [-0.3, -0.25) is 0 Å². The standard InChI is InChI=1S/2C5H5.C3H9OSi.C2H6Si.C2H5.2CH3.2ClH.Zr/c2*1-2-4-5-3-1;1-5(2,3)4;1-2-3;1-2;;;;;/h2*1-3H,4H2;1-3H3;1,3H3;1H2,2H3;2*1H3;2*1H;/q;;-1;;;;;;;+1. The zero-order valence-electron chi connectivity index (χ0n) is 17.3. The van der Waals surface area contributed by atoms with Crippen molar-refractivity contribution < 1.29 is 18.3 Å². The van der Waals surface area contributed by atoms with Gasteiger partial charge in [-0.2, -0.15) is 0 Å². The number of allylic oxidation sites excluding steroid dienone is 8. The van der Waals surface area contributed by atoms with Crippen LogP contribution >= 0.6 is 24.8 Å². The van der Waals surface area contributed by atoms with E-state index < -0.39 is 24.1 Å². The average molecular weight is 501 g/mol. The van der Waals surface area contributed by atoms with Gasteiger partial charge in [0.1, 0.15) is 0 Å². The Morgan fingerprint density at radius 1 is 1.04 bits per heavy atom. The fourth-order valence-corrected chi connectivity index (χ4v) is 56.8. The predicted octanol–water partition coefficient (Wildman–Crippen LogP) is 6.09. The van der Waals surface area contributed by atoms with Crippen LogP contribution in [0, 0.1) is 0 Å². The van der Waals surface area contributed by atoms with E-state index >= 15 is 0 Å². The molecule has 0 N–H and O–H groups in total. The first kappa shape index (κ1) is 25.7. The molecule has 0 aliphatic heterocycles. The maximum absolute atomic E-state index is 7.68. The van der Waals surface area contributed by atoms with Gasteiger partial charge >= 0.3 is 142 Å². The molecule has 0 fully saturated rings. The summed E-state index contributed by atoms with van der Waals surface area (Å²) in [5.74, 6) is 0. The van der Waals surface area contributed by atoms with Crippen LogP contribution in [0.1, 0.15) is 26.7 Å². The van der Waals surface area contributed by atoms with Crippen LogP contribution in [0.15, 0.2) is 43.0 Å². The quantitative estimate of drug-likeness (QED) is 0.415. The third-order valence-electron chi connectivity index (χ3n) is 8.36. The molecule has 0 atom stereocenters. The van der Waals surface area contributed by atoms with Crippen LogP contribution in [-0.4, -0.2) is 21.4 Å². The molecule has 25 heavy (non-hydrogen) atoms. The predicted molar refractivity (Wildman–Crippen MR) is 125 cm³/mol. The van der Waals surface area contributed by atoms with Gasteiger partial charge in [0.15, 0.2) is 0 Å². The van der Waals surface area contributed by atoms with E-state index in [1.165, 1.54) is 0 Å². The smallest absolute Gasteiger partial charge is 0.147 e. The summed E-state index contributed by atoms with van der Waals surface area (Å²) in [6, 6.07) is 0. The van der Waals surface area contributed by atoms with Crippen molar-refractivity contribution in [1.29, 1.82) is 0 Å².